The van der Waals surface area contributed by atoms with Crippen LogP contribution in [0.2, 0.25) is 5.02 Å². The molecule has 7 nitrogen and oxygen atoms in total. The summed E-state index contributed by atoms with van der Waals surface area (Å²) in [5, 5.41) is 25.3. The molecule has 146 valence electrons. The van der Waals surface area contributed by atoms with Gasteiger partial charge >= 0.3 is 11.9 Å². The van der Waals surface area contributed by atoms with E-state index in [1.165, 1.54) is 0 Å². The van der Waals surface area contributed by atoms with Crippen molar-refractivity contribution in [3.8, 4) is 17.6 Å². The fourth-order valence-electron chi connectivity index (χ4n) is 1.97. The molecule has 0 radical (unpaired) electrons. The minimum atomic E-state index is -1.26. The number of aliphatic carboxylic acids is 2. The summed E-state index contributed by atoms with van der Waals surface area (Å²) in [5.74, 6) is -1.39. The lowest BCUT2D eigenvalue weighted by atomic mass is 10.2. The van der Waals surface area contributed by atoms with E-state index in [0.717, 1.165) is 10.5 Å². The summed E-state index contributed by atoms with van der Waals surface area (Å²) in [6, 6.07) is 12.7. The van der Waals surface area contributed by atoms with Crippen molar-refractivity contribution in [3.05, 3.63) is 64.7 Å². The summed E-state index contributed by atoms with van der Waals surface area (Å²) in [6.45, 7) is 0.439. The van der Waals surface area contributed by atoms with Gasteiger partial charge in [-0.25, -0.2) is 9.59 Å². The molecule has 0 aliphatic carbocycles. The topological polar surface area (TPSA) is 134 Å². The summed E-state index contributed by atoms with van der Waals surface area (Å²) in [7, 11) is 0. The molecule has 0 aliphatic heterocycles. The van der Waals surface area contributed by atoms with Gasteiger partial charge in [0.15, 0.2) is 0 Å². The number of ether oxygens (including phenoxy) is 1. The number of nitrogens with two attached hydrogens (primary N) is 1. The Labute approximate surface area is 171 Å². The van der Waals surface area contributed by atoms with Gasteiger partial charge in [0.05, 0.1) is 10.5 Å². The van der Waals surface area contributed by atoms with Crippen LogP contribution in [0.4, 0.5) is 0 Å². The van der Waals surface area contributed by atoms with E-state index in [9.17, 15) is 9.59 Å². The van der Waals surface area contributed by atoms with Crippen LogP contribution in [0.1, 0.15) is 11.1 Å². The second-order valence-electron chi connectivity index (χ2n) is 5.02. The highest BCUT2D eigenvalue weighted by molar-refractivity contribution is 7.98. The van der Waals surface area contributed by atoms with E-state index < -0.39 is 11.9 Å². The fraction of sp³-hybridized carbons (Fsp3) is 0.105. The van der Waals surface area contributed by atoms with Gasteiger partial charge in [0.25, 0.3) is 0 Å². The smallest absolute Gasteiger partial charge is 0.328 e. The lowest BCUT2D eigenvalue weighted by Gasteiger charge is -2.13. The van der Waals surface area contributed by atoms with Crippen molar-refractivity contribution in [1.82, 2.24) is 0 Å². The summed E-state index contributed by atoms with van der Waals surface area (Å²) in [5.41, 5.74) is 7.18. The van der Waals surface area contributed by atoms with E-state index in [1.54, 1.807) is 30.0 Å². The first-order valence-corrected chi connectivity index (χ1v) is 9.30. The van der Waals surface area contributed by atoms with Crippen molar-refractivity contribution >= 4 is 35.3 Å². The number of nitrogens with zero attached hydrogens (tertiary/aromatic N) is 1. The van der Waals surface area contributed by atoms with Crippen LogP contribution in [-0.4, -0.2) is 28.4 Å². The number of hydrogen-bond donors (Lipinski definition) is 3. The quantitative estimate of drug-likeness (QED) is 0.473. The molecule has 2 aromatic carbocycles. The molecular weight excluding hydrogens is 404 g/mol. The van der Waals surface area contributed by atoms with Crippen LogP contribution in [0.5, 0.6) is 11.5 Å². The minimum Gasteiger partial charge on any atom is -0.478 e. The molecule has 0 atom stereocenters. The van der Waals surface area contributed by atoms with Crippen molar-refractivity contribution < 1.29 is 24.5 Å². The molecule has 0 aromatic heterocycles. The molecule has 2 aromatic rings. The first kappa shape index (κ1) is 23.0. The second kappa shape index (κ2) is 11.7. The molecule has 0 spiro atoms. The van der Waals surface area contributed by atoms with Gasteiger partial charge in [0.2, 0.25) is 0 Å². The zero-order chi connectivity index (χ0) is 21.1. The van der Waals surface area contributed by atoms with Crippen LogP contribution in [0.3, 0.4) is 0 Å². The van der Waals surface area contributed by atoms with Crippen LogP contribution in [0, 0.1) is 11.3 Å². The van der Waals surface area contributed by atoms with E-state index in [1.807, 2.05) is 24.5 Å². The molecule has 0 heterocycles. The number of hydrogen-bond acceptors (Lipinski definition) is 6. The third kappa shape index (κ3) is 7.32. The lowest BCUT2D eigenvalue weighted by molar-refractivity contribution is -0.134. The third-order valence-electron chi connectivity index (χ3n) is 3.14. The number of carbonyl (C=O) groups is 2. The van der Waals surface area contributed by atoms with Gasteiger partial charge in [0.1, 0.15) is 17.6 Å². The summed E-state index contributed by atoms with van der Waals surface area (Å²) in [4.78, 5) is 20.1. The van der Waals surface area contributed by atoms with E-state index >= 15 is 0 Å². The van der Waals surface area contributed by atoms with Crippen molar-refractivity contribution in [3.63, 3.8) is 0 Å². The number of halogens is 1. The molecule has 4 N–H and O–H groups in total. The Bertz CT molecular complexity index is 909. The largest absolute Gasteiger partial charge is 0.478 e. The summed E-state index contributed by atoms with van der Waals surface area (Å²) < 4.78 is 5.86. The van der Waals surface area contributed by atoms with Crippen molar-refractivity contribution in [1.29, 1.82) is 5.26 Å². The van der Waals surface area contributed by atoms with Crippen molar-refractivity contribution in [2.75, 3.05) is 6.26 Å². The normalized spacial score (nSPS) is 9.93. The standard InChI is InChI=1S/C15H13ClN2OS.C4H4O4/c1-20-15-11(9-18)3-2-4-13(15)19-14-7-12(16)6-5-10(14)8-17;5-3(6)1-2-4(7)8/h2-7H,9,18H2,1H3;1-2H,(H,5,6)(H,7,8). The Morgan fingerprint density at radius 1 is 1.21 bits per heavy atom. The van der Waals surface area contributed by atoms with Crippen LogP contribution >= 0.6 is 23.4 Å². The first-order chi connectivity index (χ1) is 13.3. The molecule has 0 saturated heterocycles. The number of carboxylic acids is 2. The van der Waals surface area contributed by atoms with Gasteiger partial charge in [-0.3, -0.25) is 0 Å². The van der Waals surface area contributed by atoms with Crippen LogP contribution in [0.25, 0.3) is 0 Å². The maximum atomic E-state index is 9.55. The van der Waals surface area contributed by atoms with E-state index in [-0.39, 0.29) is 0 Å². The van der Waals surface area contributed by atoms with Gasteiger partial charge in [-0.2, -0.15) is 5.26 Å². The van der Waals surface area contributed by atoms with Gasteiger partial charge in [-0.1, -0.05) is 23.7 Å². The van der Waals surface area contributed by atoms with Gasteiger partial charge in [-0.15, -0.1) is 11.8 Å². The van der Waals surface area contributed by atoms with Crippen molar-refractivity contribution in [2.45, 2.75) is 11.4 Å². The minimum absolute atomic E-state index is 0.439. The molecule has 0 aliphatic rings. The highest BCUT2D eigenvalue weighted by Crippen LogP contribution is 2.36. The average molecular weight is 421 g/mol. The Morgan fingerprint density at radius 2 is 1.86 bits per heavy atom. The Morgan fingerprint density at radius 3 is 2.36 bits per heavy atom. The molecule has 0 bridgehead atoms. The summed E-state index contributed by atoms with van der Waals surface area (Å²) in [6.07, 6.45) is 3.08. The zero-order valence-corrected chi connectivity index (χ0v) is 16.3. The molecule has 9 heteroatoms. The molecular formula is C19H17ClN2O5S. The average Bonchev–Trinajstić information content (AvgIpc) is 2.67. The molecule has 0 amide bonds. The molecule has 0 saturated carbocycles. The van der Waals surface area contributed by atoms with Crippen molar-refractivity contribution in [2.24, 2.45) is 5.73 Å². The monoisotopic (exact) mass is 420 g/mol. The number of benzene rings is 2. The number of carboxylic acid groups (broad SMARTS) is 2. The van der Waals surface area contributed by atoms with Gasteiger partial charge in [0, 0.05) is 29.8 Å². The Hall–Kier alpha value is -2.99. The second-order valence-corrected chi connectivity index (χ2v) is 6.27. The maximum absolute atomic E-state index is 9.55. The predicted octanol–water partition coefficient (Wildman–Crippen LogP) is 3.90. The lowest BCUT2D eigenvalue weighted by Crippen LogP contribution is -2.00. The van der Waals surface area contributed by atoms with Gasteiger partial charge < -0.3 is 20.7 Å². The Kier molecular flexibility index (Phi) is 9.60. The van der Waals surface area contributed by atoms with E-state index in [2.05, 4.69) is 6.07 Å². The highest BCUT2D eigenvalue weighted by atomic mass is 35.5. The van der Waals surface area contributed by atoms with Crippen LogP contribution in [0.15, 0.2) is 53.4 Å². The molecule has 0 fully saturated rings. The zero-order valence-electron chi connectivity index (χ0n) is 14.8. The third-order valence-corrected chi connectivity index (χ3v) is 4.24. The number of thioether (sulfide) groups is 1. The number of nitriles is 1. The molecule has 0 unspecified atom stereocenters. The maximum Gasteiger partial charge on any atom is 0.328 e. The Balaban J connectivity index is 0.000000416. The van der Waals surface area contributed by atoms with Crippen LogP contribution < -0.4 is 10.5 Å². The SMILES string of the molecule is CSc1c(CN)cccc1Oc1cc(Cl)ccc1C#N.O=C(O)C=CC(=O)O. The first-order valence-electron chi connectivity index (χ1n) is 7.69. The van der Waals surface area contributed by atoms with E-state index in [4.69, 9.17) is 37.5 Å². The van der Waals surface area contributed by atoms with Gasteiger partial charge in [-0.05, 0) is 30.0 Å². The van der Waals surface area contributed by atoms with E-state index in [0.29, 0.717) is 40.8 Å². The predicted molar refractivity (Wildman–Crippen MR) is 107 cm³/mol. The number of rotatable bonds is 6. The molecule has 28 heavy (non-hydrogen) atoms. The summed E-state index contributed by atoms with van der Waals surface area (Å²) >= 11 is 7.52. The fourth-order valence-corrected chi connectivity index (χ4v) is 2.85. The highest BCUT2D eigenvalue weighted by Gasteiger charge is 2.11. The molecule has 2 rings (SSSR count). The van der Waals surface area contributed by atoms with Crippen LogP contribution in [-0.2, 0) is 16.1 Å².